The van der Waals surface area contributed by atoms with Crippen molar-refractivity contribution >= 4 is 19.2 Å². The minimum absolute atomic E-state index is 0.207. The summed E-state index contributed by atoms with van der Waals surface area (Å²) in [6.07, 6.45) is 4.02. The summed E-state index contributed by atoms with van der Waals surface area (Å²) in [7, 11) is -1.67. The van der Waals surface area contributed by atoms with Crippen LogP contribution in [0.4, 0.5) is 4.39 Å². The second-order valence-corrected chi connectivity index (χ2v) is 13.6. The van der Waals surface area contributed by atoms with Gasteiger partial charge >= 0.3 is 0 Å². The maximum absolute atomic E-state index is 13.2. The lowest BCUT2D eigenvalue weighted by Crippen LogP contribution is -2.41. The normalized spacial score (nSPS) is 12.7. The number of halogens is 1. The molecule has 0 fully saturated rings. The lowest BCUT2D eigenvalue weighted by Gasteiger charge is -2.36. The van der Waals surface area contributed by atoms with E-state index in [-0.39, 0.29) is 10.9 Å². The maximum Gasteiger partial charge on any atom is 0.191 e. The molecule has 0 atom stereocenters. The van der Waals surface area contributed by atoms with Gasteiger partial charge in [0.15, 0.2) is 8.32 Å². The van der Waals surface area contributed by atoms with E-state index >= 15 is 0 Å². The number of rotatable bonds is 6. The zero-order valence-electron chi connectivity index (χ0n) is 17.0. The Labute approximate surface area is 162 Å². The van der Waals surface area contributed by atoms with E-state index in [1.165, 1.54) is 23.1 Å². The van der Waals surface area contributed by atoms with Crippen molar-refractivity contribution < 1.29 is 8.82 Å². The molecule has 1 aromatic heterocycles. The predicted molar refractivity (Wildman–Crippen MR) is 115 cm³/mol. The van der Waals surface area contributed by atoms with Crippen LogP contribution in [-0.2, 0) is 10.8 Å². The van der Waals surface area contributed by atoms with Crippen molar-refractivity contribution in [2.24, 2.45) is 0 Å². The molecule has 0 radical (unpaired) electrons. The van der Waals surface area contributed by atoms with Crippen LogP contribution in [0.3, 0.4) is 0 Å². The largest absolute Gasteiger partial charge is 0.417 e. The molecule has 0 aliphatic rings. The third-order valence-electron chi connectivity index (χ3n) is 5.78. The number of hydrogen-bond donors (Lipinski definition) is 1. The van der Waals surface area contributed by atoms with Gasteiger partial charge in [-0.05, 0) is 66.4 Å². The summed E-state index contributed by atoms with van der Waals surface area (Å²) in [5, 5.41) is 1.44. The fraction of sp³-hybridized carbons (Fsp3) is 0.391. The molecular formula is C23H30FNOSi. The SMILES string of the molecule is CC(C)(C)[Si](C)(C)OCCCc1ccc2[nH]cc(-c3ccc(F)cc3)c2c1. The minimum Gasteiger partial charge on any atom is -0.417 e. The summed E-state index contributed by atoms with van der Waals surface area (Å²) in [4.78, 5) is 3.32. The first-order chi connectivity index (χ1) is 12.7. The highest BCUT2D eigenvalue weighted by Crippen LogP contribution is 2.36. The highest BCUT2D eigenvalue weighted by molar-refractivity contribution is 6.74. The highest BCUT2D eigenvalue weighted by atomic mass is 28.4. The van der Waals surface area contributed by atoms with E-state index in [1.54, 1.807) is 0 Å². The summed E-state index contributed by atoms with van der Waals surface area (Å²) in [5.74, 6) is -0.207. The Morgan fingerprint density at radius 2 is 1.74 bits per heavy atom. The average molecular weight is 384 g/mol. The van der Waals surface area contributed by atoms with Crippen LogP contribution < -0.4 is 0 Å². The van der Waals surface area contributed by atoms with Crippen molar-refractivity contribution in [2.45, 2.75) is 51.7 Å². The third-order valence-corrected chi connectivity index (χ3v) is 10.3. The van der Waals surface area contributed by atoms with Gasteiger partial charge in [-0.3, -0.25) is 0 Å². The first-order valence-electron chi connectivity index (χ1n) is 9.67. The number of benzene rings is 2. The predicted octanol–water partition coefficient (Wildman–Crippen LogP) is 6.93. The molecule has 144 valence electrons. The smallest absolute Gasteiger partial charge is 0.191 e. The van der Waals surface area contributed by atoms with Crippen LogP contribution in [-0.4, -0.2) is 19.9 Å². The van der Waals surface area contributed by atoms with Gasteiger partial charge in [-0.15, -0.1) is 0 Å². The first kappa shape index (κ1) is 19.8. The molecule has 4 heteroatoms. The van der Waals surface area contributed by atoms with Crippen molar-refractivity contribution in [2.75, 3.05) is 6.61 Å². The lowest BCUT2D eigenvalue weighted by molar-refractivity contribution is 0.282. The molecule has 0 spiro atoms. The Morgan fingerprint density at radius 3 is 2.41 bits per heavy atom. The van der Waals surface area contributed by atoms with Gasteiger partial charge in [0, 0.05) is 29.3 Å². The van der Waals surface area contributed by atoms with E-state index in [9.17, 15) is 4.39 Å². The molecule has 27 heavy (non-hydrogen) atoms. The molecule has 0 saturated carbocycles. The Hall–Kier alpha value is -1.91. The van der Waals surface area contributed by atoms with Crippen molar-refractivity contribution in [3.8, 4) is 11.1 Å². The Bertz CT molecular complexity index is 906. The van der Waals surface area contributed by atoms with Crippen molar-refractivity contribution in [3.05, 3.63) is 60.0 Å². The molecule has 2 nitrogen and oxygen atoms in total. The molecule has 3 rings (SSSR count). The summed E-state index contributed by atoms with van der Waals surface area (Å²) in [6, 6.07) is 13.2. The Morgan fingerprint density at radius 1 is 1.04 bits per heavy atom. The number of H-pyrrole nitrogens is 1. The molecule has 2 aromatic carbocycles. The number of aromatic amines is 1. The van der Waals surface area contributed by atoms with Crippen LogP contribution in [0, 0.1) is 5.82 Å². The summed E-state index contributed by atoms with van der Waals surface area (Å²) < 4.78 is 19.5. The van der Waals surface area contributed by atoms with E-state index in [1.807, 2.05) is 18.3 Å². The van der Waals surface area contributed by atoms with Crippen LogP contribution in [0.2, 0.25) is 18.1 Å². The number of fused-ring (bicyclic) bond motifs is 1. The van der Waals surface area contributed by atoms with Crippen LogP contribution in [0.25, 0.3) is 22.0 Å². The molecule has 0 bridgehead atoms. The van der Waals surface area contributed by atoms with Crippen molar-refractivity contribution in [1.82, 2.24) is 4.98 Å². The second kappa shape index (κ2) is 7.61. The fourth-order valence-corrected chi connectivity index (χ4v) is 4.10. The van der Waals surface area contributed by atoms with E-state index in [0.29, 0.717) is 0 Å². The molecule has 1 heterocycles. The topological polar surface area (TPSA) is 25.0 Å². The van der Waals surface area contributed by atoms with Gasteiger partial charge in [0.1, 0.15) is 5.82 Å². The summed E-state index contributed by atoms with van der Waals surface area (Å²) >= 11 is 0. The van der Waals surface area contributed by atoms with E-state index in [2.05, 4.69) is 57.0 Å². The second-order valence-electron chi connectivity index (χ2n) is 8.80. The van der Waals surface area contributed by atoms with Gasteiger partial charge in [-0.1, -0.05) is 39.0 Å². The third kappa shape index (κ3) is 4.50. The van der Waals surface area contributed by atoms with Crippen molar-refractivity contribution in [1.29, 1.82) is 0 Å². The highest BCUT2D eigenvalue weighted by Gasteiger charge is 2.36. The summed E-state index contributed by atoms with van der Waals surface area (Å²) in [6.45, 7) is 12.2. The van der Waals surface area contributed by atoms with Gasteiger partial charge in [0.2, 0.25) is 0 Å². The fourth-order valence-electron chi connectivity index (χ4n) is 3.01. The average Bonchev–Trinajstić information content (AvgIpc) is 3.02. The number of aromatic nitrogens is 1. The van der Waals surface area contributed by atoms with Crippen LogP contribution in [0.1, 0.15) is 32.8 Å². The van der Waals surface area contributed by atoms with Gasteiger partial charge in [0.25, 0.3) is 0 Å². The number of hydrogen-bond acceptors (Lipinski definition) is 1. The van der Waals surface area contributed by atoms with Gasteiger partial charge in [-0.2, -0.15) is 0 Å². The first-order valence-corrected chi connectivity index (χ1v) is 12.6. The van der Waals surface area contributed by atoms with E-state index < -0.39 is 8.32 Å². The molecule has 0 saturated heterocycles. The lowest BCUT2D eigenvalue weighted by atomic mass is 10.0. The molecule has 3 aromatic rings. The standard InChI is InChI=1S/C23H30FNOSi/c1-23(2,3)27(4,5)26-14-6-7-17-8-13-22-20(15-17)21(16-25-22)18-9-11-19(24)12-10-18/h8-13,15-16,25H,6-7,14H2,1-5H3. The quantitative estimate of drug-likeness (QED) is 0.362. The number of nitrogens with one attached hydrogen (secondary N) is 1. The van der Waals surface area contributed by atoms with Crippen LogP contribution >= 0.6 is 0 Å². The van der Waals surface area contributed by atoms with E-state index in [4.69, 9.17) is 4.43 Å². The zero-order valence-corrected chi connectivity index (χ0v) is 18.0. The van der Waals surface area contributed by atoms with Gasteiger partial charge in [-0.25, -0.2) is 4.39 Å². The summed E-state index contributed by atoms with van der Waals surface area (Å²) in [5.41, 5.74) is 4.56. The molecule has 0 amide bonds. The monoisotopic (exact) mass is 383 g/mol. The zero-order chi connectivity index (χ0) is 19.7. The van der Waals surface area contributed by atoms with Crippen LogP contribution in [0.5, 0.6) is 0 Å². The van der Waals surface area contributed by atoms with Gasteiger partial charge < -0.3 is 9.41 Å². The molecule has 1 N–H and O–H groups in total. The Kier molecular flexibility index (Phi) is 5.59. The van der Waals surface area contributed by atoms with Crippen LogP contribution in [0.15, 0.2) is 48.7 Å². The van der Waals surface area contributed by atoms with E-state index in [0.717, 1.165) is 36.1 Å². The molecule has 0 unspecified atom stereocenters. The molecular weight excluding hydrogens is 353 g/mol. The maximum atomic E-state index is 13.2. The molecule has 0 aliphatic heterocycles. The van der Waals surface area contributed by atoms with Crippen molar-refractivity contribution in [3.63, 3.8) is 0 Å². The Balaban J connectivity index is 1.70. The molecule has 0 aliphatic carbocycles. The minimum atomic E-state index is -1.67. The van der Waals surface area contributed by atoms with Gasteiger partial charge in [0.05, 0.1) is 0 Å². The number of aryl methyl sites for hydroxylation is 1.